The van der Waals surface area contributed by atoms with E-state index in [1.54, 1.807) is 18.2 Å². The van der Waals surface area contributed by atoms with Crippen LogP contribution in [0.5, 0.6) is 0 Å². The quantitative estimate of drug-likeness (QED) is 0.691. The van der Waals surface area contributed by atoms with Gasteiger partial charge in [-0.05, 0) is 42.5 Å². The standard InChI is InChI=1S/C14H7F2N3S/c15-9-2-3-10(16)12(6-9)19-13-5-8(7-17)1-4-11(13)18-14(19)20/h1-6H,(H,18,20). The average Bonchev–Trinajstić information content (AvgIpc) is 2.76. The van der Waals surface area contributed by atoms with E-state index in [0.29, 0.717) is 16.6 Å². The summed E-state index contributed by atoms with van der Waals surface area (Å²) >= 11 is 5.15. The Kier molecular flexibility index (Phi) is 2.84. The van der Waals surface area contributed by atoms with Crippen molar-refractivity contribution in [3.05, 3.63) is 58.4 Å². The smallest absolute Gasteiger partial charge is 0.182 e. The summed E-state index contributed by atoms with van der Waals surface area (Å²) in [5, 5.41) is 8.93. The molecule has 1 heterocycles. The molecule has 0 atom stereocenters. The number of fused-ring (bicyclic) bond motifs is 1. The molecule has 0 unspecified atom stereocenters. The Labute approximate surface area is 117 Å². The Morgan fingerprint density at radius 1 is 1.15 bits per heavy atom. The first-order valence-corrected chi connectivity index (χ1v) is 6.11. The zero-order valence-corrected chi connectivity index (χ0v) is 10.8. The third kappa shape index (κ3) is 1.89. The highest BCUT2D eigenvalue weighted by Crippen LogP contribution is 2.23. The highest BCUT2D eigenvalue weighted by atomic mass is 32.1. The van der Waals surface area contributed by atoms with Crippen molar-refractivity contribution in [2.75, 3.05) is 0 Å². The molecule has 0 saturated heterocycles. The summed E-state index contributed by atoms with van der Waals surface area (Å²) < 4.78 is 28.9. The van der Waals surface area contributed by atoms with Crippen LogP contribution < -0.4 is 0 Å². The van der Waals surface area contributed by atoms with Crippen LogP contribution in [0.1, 0.15) is 5.56 Å². The molecule has 2 aromatic carbocycles. The second-order valence-corrected chi connectivity index (χ2v) is 4.59. The van der Waals surface area contributed by atoms with Crippen LogP contribution in [-0.4, -0.2) is 9.55 Å². The fraction of sp³-hybridized carbons (Fsp3) is 0. The summed E-state index contributed by atoms with van der Waals surface area (Å²) in [7, 11) is 0. The maximum absolute atomic E-state index is 13.9. The molecule has 1 aromatic heterocycles. The molecule has 3 nitrogen and oxygen atoms in total. The number of nitriles is 1. The highest BCUT2D eigenvalue weighted by Gasteiger charge is 2.12. The molecule has 3 rings (SSSR count). The average molecular weight is 287 g/mol. The summed E-state index contributed by atoms with van der Waals surface area (Å²) in [4.78, 5) is 2.90. The Balaban J connectivity index is 2.41. The fourth-order valence-corrected chi connectivity index (χ4v) is 2.38. The molecule has 0 bridgehead atoms. The minimum atomic E-state index is -0.592. The largest absolute Gasteiger partial charge is 0.330 e. The lowest BCUT2D eigenvalue weighted by Gasteiger charge is -2.06. The predicted molar refractivity (Wildman–Crippen MR) is 73.1 cm³/mol. The van der Waals surface area contributed by atoms with Crippen LogP contribution in [0.2, 0.25) is 0 Å². The van der Waals surface area contributed by atoms with Crippen LogP contribution in [-0.2, 0) is 0 Å². The van der Waals surface area contributed by atoms with E-state index in [1.165, 1.54) is 4.57 Å². The molecule has 20 heavy (non-hydrogen) atoms. The van der Waals surface area contributed by atoms with Gasteiger partial charge in [-0.1, -0.05) is 0 Å². The van der Waals surface area contributed by atoms with Gasteiger partial charge in [-0.25, -0.2) is 8.78 Å². The van der Waals surface area contributed by atoms with Crippen molar-refractivity contribution < 1.29 is 8.78 Å². The molecule has 0 amide bonds. The lowest BCUT2D eigenvalue weighted by molar-refractivity contribution is 0.593. The molecule has 3 aromatic rings. The van der Waals surface area contributed by atoms with Crippen LogP contribution in [0.4, 0.5) is 8.78 Å². The summed E-state index contributed by atoms with van der Waals surface area (Å²) in [6, 6.07) is 10.0. The molecule has 98 valence electrons. The molecule has 0 radical (unpaired) electrons. The number of aromatic nitrogens is 2. The third-order valence-electron chi connectivity index (χ3n) is 2.96. The first-order valence-electron chi connectivity index (χ1n) is 5.70. The number of nitrogens with one attached hydrogen (secondary N) is 1. The molecule has 0 fully saturated rings. The maximum atomic E-state index is 13.9. The van der Waals surface area contributed by atoms with Crippen molar-refractivity contribution in [1.29, 1.82) is 5.26 Å². The van der Waals surface area contributed by atoms with Gasteiger partial charge >= 0.3 is 0 Å². The van der Waals surface area contributed by atoms with E-state index >= 15 is 0 Å². The van der Waals surface area contributed by atoms with E-state index in [9.17, 15) is 8.78 Å². The van der Waals surface area contributed by atoms with Crippen molar-refractivity contribution in [3.63, 3.8) is 0 Å². The van der Waals surface area contributed by atoms with Crippen molar-refractivity contribution in [1.82, 2.24) is 9.55 Å². The number of halogens is 2. The van der Waals surface area contributed by atoms with Gasteiger partial charge < -0.3 is 4.98 Å². The second-order valence-electron chi connectivity index (χ2n) is 4.21. The fourth-order valence-electron chi connectivity index (χ4n) is 2.07. The van der Waals surface area contributed by atoms with E-state index in [0.717, 1.165) is 18.2 Å². The molecule has 0 aliphatic carbocycles. The minimum Gasteiger partial charge on any atom is -0.330 e. The normalized spacial score (nSPS) is 10.7. The Morgan fingerprint density at radius 3 is 2.70 bits per heavy atom. The number of benzene rings is 2. The number of hydrogen-bond donors (Lipinski definition) is 1. The summed E-state index contributed by atoms with van der Waals surface area (Å²) in [5.41, 5.74) is 1.60. The molecular weight excluding hydrogens is 280 g/mol. The highest BCUT2D eigenvalue weighted by molar-refractivity contribution is 7.71. The van der Waals surface area contributed by atoms with Crippen LogP contribution in [0.15, 0.2) is 36.4 Å². The number of nitrogens with zero attached hydrogens (tertiary/aromatic N) is 2. The monoisotopic (exact) mass is 287 g/mol. The molecule has 0 saturated carbocycles. The summed E-state index contributed by atoms with van der Waals surface area (Å²) in [6.45, 7) is 0. The number of H-pyrrole nitrogens is 1. The van der Waals surface area contributed by atoms with E-state index in [2.05, 4.69) is 4.98 Å². The summed E-state index contributed by atoms with van der Waals surface area (Å²) in [5.74, 6) is -1.15. The van der Waals surface area contributed by atoms with Gasteiger partial charge in [0.1, 0.15) is 11.6 Å². The molecule has 0 spiro atoms. The van der Waals surface area contributed by atoms with Crippen LogP contribution in [0, 0.1) is 27.7 Å². The van der Waals surface area contributed by atoms with Crippen LogP contribution in [0.3, 0.4) is 0 Å². The van der Waals surface area contributed by atoms with Crippen molar-refractivity contribution in [3.8, 4) is 11.8 Å². The number of aromatic amines is 1. The van der Waals surface area contributed by atoms with Crippen LogP contribution >= 0.6 is 12.2 Å². The number of hydrogen-bond acceptors (Lipinski definition) is 2. The van der Waals surface area contributed by atoms with Gasteiger partial charge in [0, 0.05) is 6.07 Å². The maximum Gasteiger partial charge on any atom is 0.182 e. The van der Waals surface area contributed by atoms with E-state index in [4.69, 9.17) is 17.5 Å². The molecule has 0 aliphatic rings. The SMILES string of the molecule is N#Cc1ccc2[nH]c(=S)n(-c3cc(F)ccc3F)c2c1. The number of imidazole rings is 1. The second kappa shape index (κ2) is 4.54. The lowest BCUT2D eigenvalue weighted by Crippen LogP contribution is -1.98. The van der Waals surface area contributed by atoms with Gasteiger partial charge in [-0.3, -0.25) is 4.57 Å². The van der Waals surface area contributed by atoms with Gasteiger partial charge in [-0.2, -0.15) is 5.26 Å². The van der Waals surface area contributed by atoms with Crippen molar-refractivity contribution >= 4 is 23.3 Å². The zero-order chi connectivity index (χ0) is 14.3. The van der Waals surface area contributed by atoms with Gasteiger partial charge in [-0.15, -0.1) is 0 Å². The lowest BCUT2D eigenvalue weighted by atomic mass is 10.2. The number of rotatable bonds is 1. The van der Waals surface area contributed by atoms with Crippen molar-refractivity contribution in [2.45, 2.75) is 0 Å². The Morgan fingerprint density at radius 2 is 1.95 bits per heavy atom. The Hall–Kier alpha value is -2.52. The van der Waals surface area contributed by atoms with Gasteiger partial charge in [0.15, 0.2) is 4.77 Å². The zero-order valence-electron chi connectivity index (χ0n) is 10.0. The van der Waals surface area contributed by atoms with Gasteiger partial charge in [0.25, 0.3) is 0 Å². The minimum absolute atomic E-state index is 0.0105. The molecule has 1 N–H and O–H groups in total. The first kappa shape index (κ1) is 12.5. The topological polar surface area (TPSA) is 44.5 Å². The molecular formula is C14H7F2N3S. The van der Waals surface area contributed by atoms with Crippen LogP contribution in [0.25, 0.3) is 16.7 Å². The van der Waals surface area contributed by atoms with E-state index in [1.807, 2.05) is 6.07 Å². The van der Waals surface area contributed by atoms with E-state index in [-0.39, 0.29) is 10.5 Å². The third-order valence-corrected chi connectivity index (χ3v) is 3.25. The summed E-state index contributed by atoms with van der Waals surface area (Å²) in [6.07, 6.45) is 0. The molecule has 0 aliphatic heterocycles. The van der Waals surface area contributed by atoms with Crippen molar-refractivity contribution in [2.24, 2.45) is 0 Å². The van der Waals surface area contributed by atoms with Gasteiger partial charge in [0.2, 0.25) is 0 Å². The Bertz CT molecular complexity index is 918. The van der Waals surface area contributed by atoms with E-state index < -0.39 is 11.6 Å². The van der Waals surface area contributed by atoms with Gasteiger partial charge in [0.05, 0.1) is 28.4 Å². The first-order chi connectivity index (χ1) is 9.60. The molecule has 6 heteroatoms. The predicted octanol–water partition coefficient (Wildman–Crippen LogP) is 3.84.